The first-order chi connectivity index (χ1) is 17.8. The summed E-state index contributed by atoms with van der Waals surface area (Å²) in [6.45, 7) is 1.59. The second kappa shape index (κ2) is 11.5. The monoisotopic (exact) mass is 526 g/mol. The van der Waals surface area contributed by atoms with Gasteiger partial charge in [-0.05, 0) is 79.5 Å². The van der Waals surface area contributed by atoms with Crippen molar-refractivity contribution in [3.63, 3.8) is 0 Å². The largest absolute Gasteiger partial charge is 0.469 e. The lowest BCUT2D eigenvalue weighted by molar-refractivity contribution is -0.142. The molecule has 0 saturated heterocycles. The van der Waals surface area contributed by atoms with Gasteiger partial charge in [0.1, 0.15) is 0 Å². The maximum absolute atomic E-state index is 12.6. The lowest BCUT2D eigenvalue weighted by Gasteiger charge is -2.28. The third-order valence-electron chi connectivity index (χ3n) is 6.63. The molecule has 0 aliphatic heterocycles. The van der Waals surface area contributed by atoms with E-state index < -0.39 is 15.7 Å². The Balaban J connectivity index is 1.30. The van der Waals surface area contributed by atoms with Crippen molar-refractivity contribution >= 4 is 39.1 Å². The molecule has 1 heterocycles. The first-order valence-corrected chi connectivity index (χ1v) is 13.8. The Labute approximate surface area is 215 Å². The zero-order valence-electron chi connectivity index (χ0n) is 20.8. The van der Waals surface area contributed by atoms with Gasteiger partial charge in [0.05, 0.1) is 17.8 Å². The summed E-state index contributed by atoms with van der Waals surface area (Å²) in [6, 6.07) is 13.8. The number of hydrogen-bond acceptors (Lipinski definition) is 9. The first kappa shape index (κ1) is 26.3. The zero-order chi connectivity index (χ0) is 26.4. The SMILES string of the molecule is CCS(=O)(=O)c1ccc(Nc2nnc(C(=O)Nc3ccc(C4CCC(CC(=O)OC)CC4)cc3)o2)cc1. The maximum atomic E-state index is 12.6. The van der Waals surface area contributed by atoms with Crippen molar-refractivity contribution in [3.8, 4) is 0 Å². The summed E-state index contributed by atoms with van der Waals surface area (Å²) >= 11 is 0. The molecule has 0 bridgehead atoms. The topological polar surface area (TPSA) is 140 Å². The number of nitrogens with zero attached hydrogens (tertiary/aromatic N) is 2. The molecule has 1 aliphatic carbocycles. The summed E-state index contributed by atoms with van der Waals surface area (Å²) < 4.78 is 34.0. The average Bonchev–Trinajstić information content (AvgIpc) is 3.38. The molecule has 0 spiro atoms. The van der Waals surface area contributed by atoms with Crippen LogP contribution in [0.4, 0.5) is 17.4 Å². The lowest BCUT2D eigenvalue weighted by Crippen LogP contribution is -2.17. The van der Waals surface area contributed by atoms with Gasteiger partial charge in [-0.1, -0.05) is 24.2 Å². The number of sulfone groups is 1. The number of esters is 1. The van der Waals surface area contributed by atoms with E-state index in [1.807, 2.05) is 24.3 Å². The molecule has 11 heteroatoms. The summed E-state index contributed by atoms with van der Waals surface area (Å²) in [6.07, 6.45) is 4.50. The van der Waals surface area contributed by atoms with Crippen molar-refractivity contribution in [2.45, 2.75) is 49.8 Å². The highest BCUT2D eigenvalue weighted by molar-refractivity contribution is 7.91. The van der Waals surface area contributed by atoms with Gasteiger partial charge >= 0.3 is 23.8 Å². The first-order valence-electron chi connectivity index (χ1n) is 12.2. The number of carbonyl (C=O) groups is 2. The number of amides is 1. The van der Waals surface area contributed by atoms with E-state index in [9.17, 15) is 18.0 Å². The number of benzene rings is 2. The second-order valence-electron chi connectivity index (χ2n) is 9.04. The van der Waals surface area contributed by atoms with E-state index >= 15 is 0 Å². The van der Waals surface area contributed by atoms with Gasteiger partial charge in [-0.25, -0.2) is 8.42 Å². The fourth-order valence-corrected chi connectivity index (χ4v) is 5.33. The zero-order valence-corrected chi connectivity index (χ0v) is 21.6. The number of ether oxygens (including phenoxy) is 1. The summed E-state index contributed by atoms with van der Waals surface area (Å²) in [5.41, 5.74) is 2.35. The van der Waals surface area contributed by atoms with Crippen LogP contribution in [0.2, 0.25) is 0 Å². The quantitative estimate of drug-likeness (QED) is 0.380. The van der Waals surface area contributed by atoms with Crippen molar-refractivity contribution in [2.24, 2.45) is 5.92 Å². The molecule has 37 heavy (non-hydrogen) atoms. The highest BCUT2D eigenvalue weighted by Gasteiger charge is 2.24. The van der Waals surface area contributed by atoms with Gasteiger partial charge < -0.3 is 19.8 Å². The Bertz CT molecular complexity index is 1330. The minimum atomic E-state index is -3.29. The van der Waals surface area contributed by atoms with E-state index in [1.54, 1.807) is 19.1 Å². The van der Waals surface area contributed by atoms with Gasteiger partial charge in [0.15, 0.2) is 9.84 Å². The molecule has 2 aromatic carbocycles. The summed E-state index contributed by atoms with van der Waals surface area (Å²) in [5.74, 6) is -0.0653. The number of aromatic nitrogens is 2. The molecule has 3 aromatic rings. The minimum Gasteiger partial charge on any atom is -0.469 e. The van der Waals surface area contributed by atoms with E-state index in [0.29, 0.717) is 29.6 Å². The molecule has 2 N–H and O–H groups in total. The summed E-state index contributed by atoms with van der Waals surface area (Å²) in [5, 5.41) is 13.2. The molecular weight excluding hydrogens is 496 g/mol. The van der Waals surface area contributed by atoms with Crippen LogP contribution in [0.15, 0.2) is 57.8 Å². The Morgan fingerprint density at radius 2 is 1.62 bits per heavy atom. The predicted molar refractivity (Wildman–Crippen MR) is 137 cm³/mol. The summed E-state index contributed by atoms with van der Waals surface area (Å²) in [7, 11) is -1.86. The lowest BCUT2D eigenvalue weighted by atomic mass is 9.77. The second-order valence-corrected chi connectivity index (χ2v) is 11.3. The van der Waals surface area contributed by atoms with Crippen LogP contribution in [-0.4, -0.2) is 43.4 Å². The fraction of sp³-hybridized carbons (Fsp3) is 0.385. The molecule has 0 atom stereocenters. The standard InChI is InChI=1S/C26H30N4O6S/c1-3-37(33,34)22-14-12-21(13-15-22)28-26-30-29-25(36-26)24(32)27-20-10-8-19(9-11-20)18-6-4-17(5-7-18)16-23(31)35-2/h8-15,17-18H,3-7,16H2,1-2H3,(H,27,32)(H,28,30). The van der Waals surface area contributed by atoms with Gasteiger partial charge in [-0.3, -0.25) is 9.59 Å². The Hall–Kier alpha value is -3.73. The smallest absolute Gasteiger partial charge is 0.320 e. The molecular formula is C26H30N4O6S. The van der Waals surface area contributed by atoms with Gasteiger partial charge in [0.25, 0.3) is 0 Å². The van der Waals surface area contributed by atoms with Crippen LogP contribution in [0.25, 0.3) is 0 Å². The molecule has 0 unspecified atom stereocenters. The number of rotatable bonds is 9. The van der Waals surface area contributed by atoms with E-state index in [4.69, 9.17) is 9.15 Å². The molecule has 1 fully saturated rings. The highest BCUT2D eigenvalue weighted by Crippen LogP contribution is 2.37. The Morgan fingerprint density at radius 1 is 0.973 bits per heavy atom. The van der Waals surface area contributed by atoms with Crippen LogP contribution >= 0.6 is 0 Å². The van der Waals surface area contributed by atoms with Crippen LogP contribution in [0, 0.1) is 5.92 Å². The highest BCUT2D eigenvalue weighted by atomic mass is 32.2. The number of methoxy groups -OCH3 is 1. The molecule has 1 amide bonds. The van der Waals surface area contributed by atoms with E-state index in [1.165, 1.54) is 24.8 Å². The van der Waals surface area contributed by atoms with Crippen LogP contribution in [0.3, 0.4) is 0 Å². The molecule has 4 rings (SSSR count). The number of hydrogen-bond donors (Lipinski definition) is 2. The van der Waals surface area contributed by atoms with Crippen molar-refractivity contribution in [1.29, 1.82) is 0 Å². The van der Waals surface area contributed by atoms with Crippen LogP contribution < -0.4 is 10.6 Å². The molecule has 1 saturated carbocycles. The number of anilines is 3. The van der Waals surface area contributed by atoms with Crippen LogP contribution in [-0.2, 0) is 19.4 Å². The van der Waals surface area contributed by atoms with E-state index in [-0.39, 0.29) is 28.5 Å². The fourth-order valence-electron chi connectivity index (χ4n) is 4.44. The molecule has 1 aromatic heterocycles. The van der Waals surface area contributed by atoms with E-state index in [2.05, 4.69) is 20.8 Å². The predicted octanol–water partition coefficient (Wildman–Crippen LogP) is 4.70. The maximum Gasteiger partial charge on any atom is 0.320 e. The van der Waals surface area contributed by atoms with Gasteiger partial charge in [0, 0.05) is 17.8 Å². The van der Waals surface area contributed by atoms with Crippen LogP contribution in [0.1, 0.15) is 61.2 Å². The third kappa shape index (κ3) is 6.73. The number of carbonyl (C=O) groups excluding carboxylic acids is 2. The van der Waals surface area contributed by atoms with Gasteiger partial charge in [-0.2, -0.15) is 0 Å². The Morgan fingerprint density at radius 3 is 2.24 bits per heavy atom. The van der Waals surface area contributed by atoms with Crippen LogP contribution in [0.5, 0.6) is 0 Å². The van der Waals surface area contributed by atoms with Crippen molar-refractivity contribution in [1.82, 2.24) is 10.2 Å². The average molecular weight is 527 g/mol. The number of nitrogens with one attached hydrogen (secondary N) is 2. The van der Waals surface area contributed by atoms with Crippen molar-refractivity contribution in [2.75, 3.05) is 23.5 Å². The summed E-state index contributed by atoms with van der Waals surface area (Å²) in [4.78, 5) is 24.3. The van der Waals surface area contributed by atoms with Crippen molar-refractivity contribution in [3.05, 3.63) is 60.0 Å². The molecule has 196 valence electrons. The van der Waals surface area contributed by atoms with E-state index in [0.717, 1.165) is 25.7 Å². The molecule has 0 radical (unpaired) electrons. The molecule has 1 aliphatic rings. The van der Waals surface area contributed by atoms with Gasteiger partial charge in [0.2, 0.25) is 0 Å². The third-order valence-corrected chi connectivity index (χ3v) is 8.38. The minimum absolute atomic E-state index is 0.00870. The normalized spacial score (nSPS) is 17.7. The van der Waals surface area contributed by atoms with Gasteiger partial charge in [-0.15, -0.1) is 5.10 Å². The van der Waals surface area contributed by atoms with Crippen molar-refractivity contribution < 1.29 is 27.2 Å². The Kier molecular flexibility index (Phi) is 8.22. The molecule has 10 nitrogen and oxygen atoms in total.